The smallest absolute Gasteiger partial charge is 0.223 e. The minimum atomic E-state index is 0.268. The van der Waals surface area contributed by atoms with Gasteiger partial charge in [0.1, 0.15) is 0 Å². The lowest BCUT2D eigenvalue weighted by Crippen LogP contribution is -2.38. The van der Waals surface area contributed by atoms with Crippen LogP contribution in [0.5, 0.6) is 0 Å². The molecule has 16 heavy (non-hydrogen) atoms. The highest BCUT2D eigenvalue weighted by Crippen LogP contribution is 1.96. The van der Waals surface area contributed by atoms with Gasteiger partial charge < -0.3 is 15.1 Å². The molecule has 0 rings (SSSR count). The summed E-state index contributed by atoms with van der Waals surface area (Å²) in [5.74, 6) is 0.268. The van der Waals surface area contributed by atoms with E-state index in [-0.39, 0.29) is 5.91 Å². The van der Waals surface area contributed by atoms with Crippen molar-refractivity contribution in [3.05, 3.63) is 0 Å². The summed E-state index contributed by atoms with van der Waals surface area (Å²) in [6.07, 6.45) is 1.64. The molecule has 4 nitrogen and oxygen atoms in total. The van der Waals surface area contributed by atoms with Gasteiger partial charge in [-0.25, -0.2) is 0 Å². The van der Waals surface area contributed by atoms with Crippen LogP contribution in [-0.4, -0.2) is 62.5 Å². The number of carbonyl (C=O) groups is 1. The van der Waals surface area contributed by atoms with E-state index >= 15 is 0 Å². The molecule has 0 aromatic rings. The van der Waals surface area contributed by atoms with Crippen molar-refractivity contribution >= 4 is 5.91 Å². The van der Waals surface area contributed by atoms with Gasteiger partial charge in [-0.3, -0.25) is 4.79 Å². The SMILES string of the molecule is CCCN(CCN(C)C)C(=O)CCNCC. The highest BCUT2D eigenvalue weighted by Gasteiger charge is 2.11. The van der Waals surface area contributed by atoms with Crippen molar-refractivity contribution in [3.8, 4) is 0 Å². The molecule has 0 atom stereocenters. The summed E-state index contributed by atoms with van der Waals surface area (Å²) in [4.78, 5) is 16.0. The Balaban J connectivity index is 3.92. The van der Waals surface area contributed by atoms with E-state index in [4.69, 9.17) is 0 Å². The molecular formula is C12H27N3O. The second-order valence-electron chi connectivity index (χ2n) is 4.29. The number of hydrogen-bond donors (Lipinski definition) is 1. The molecule has 0 aliphatic rings. The van der Waals surface area contributed by atoms with Gasteiger partial charge in [0.15, 0.2) is 0 Å². The Hall–Kier alpha value is -0.610. The summed E-state index contributed by atoms with van der Waals surface area (Å²) in [6, 6.07) is 0. The fraction of sp³-hybridized carbons (Fsp3) is 0.917. The monoisotopic (exact) mass is 229 g/mol. The maximum atomic E-state index is 11.9. The van der Waals surface area contributed by atoms with Crippen LogP contribution >= 0.6 is 0 Å². The molecule has 96 valence electrons. The normalized spacial score (nSPS) is 10.8. The van der Waals surface area contributed by atoms with Gasteiger partial charge in [0.05, 0.1) is 0 Å². The Morgan fingerprint density at radius 2 is 1.81 bits per heavy atom. The third-order valence-corrected chi connectivity index (χ3v) is 2.43. The van der Waals surface area contributed by atoms with Crippen molar-refractivity contribution in [2.24, 2.45) is 0 Å². The van der Waals surface area contributed by atoms with Crippen LogP contribution in [0.15, 0.2) is 0 Å². The van der Waals surface area contributed by atoms with E-state index in [1.54, 1.807) is 0 Å². The molecule has 0 radical (unpaired) electrons. The van der Waals surface area contributed by atoms with Crippen LogP contribution in [-0.2, 0) is 4.79 Å². The molecule has 0 saturated carbocycles. The van der Waals surface area contributed by atoms with Gasteiger partial charge in [0.25, 0.3) is 0 Å². The average molecular weight is 229 g/mol. The fourth-order valence-corrected chi connectivity index (χ4v) is 1.48. The van der Waals surface area contributed by atoms with Gasteiger partial charge in [0, 0.05) is 32.6 Å². The van der Waals surface area contributed by atoms with E-state index < -0.39 is 0 Å². The number of carbonyl (C=O) groups excluding carboxylic acids is 1. The van der Waals surface area contributed by atoms with E-state index in [0.717, 1.165) is 39.1 Å². The minimum Gasteiger partial charge on any atom is -0.341 e. The quantitative estimate of drug-likeness (QED) is 0.594. The van der Waals surface area contributed by atoms with Crippen molar-refractivity contribution in [1.29, 1.82) is 0 Å². The molecule has 0 aliphatic carbocycles. The second kappa shape index (κ2) is 9.60. The van der Waals surface area contributed by atoms with Gasteiger partial charge in [-0.1, -0.05) is 13.8 Å². The molecule has 0 aromatic heterocycles. The predicted molar refractivity (Wildman–Crippen MR) is 68.6 cm³/mol. The molecule has 0 saturated heterocycles. The van der Waals surface area contributed by atoms with Gasteiger partial charge in [-0.2, -0.15) is 0 Å². The van der Waals surface area contributed by atoms with Crippen LogP contribution in [0, 0.1) is 0 Å². The van der Waals surface area contributed by atoms with E-state index in [0.29, 0.717) is 6.42 Å². The molecular weight excluding hydrogens is 202 g/mol. The van der Waals surface area contributed by atoms with Gasteiger partial charge in [-0.15, -0.1) is 0 Å². The first-order valence-corrected chi connectivity index (χ1v) is 6.25. The molecule has 0 heterocycles. The Bertz CT molecular complexity index is 183. The number of nitrogens with zero attached hydrogens (tertiary/aromatic N) is 2. The second-order valence-corrected chi connectivity index (χ2v) is 4.29. The Labute approximate surface area is 100.0 Å². The largest absolute Gasteiger partial charge is 0.341 e. The molecule has 4 heteroatoms. The van der Waals surface area contributed by atoms with E-state index in [1.165, 1.54) is 0 Å². The average Bonchev–Trinajstić information content (AvgIpc) is 2.24. The molecule has 0 bridgehead atoms. The highest BCUT2D eigenvalue weighted by molar-refractivity contribution is 5.76. The van der Waals surface area contributed by atoms with Gasteiger partial charge >= 0.3 is 0 Å². The van der Waals surface area contributed by atoms with Crippen LogP contribution < -0.4 is 5.32 Å². The summed E-state index contributed by atoms with van der Waals surface area (Å²) in [5, 5.41) is 3.18. The van der Waals surface area contributed by atoms with E-state index in [1.807, 2.05) is 19.0 Å². The summed E-state index contributed by atoms with van der Waals surface area (Å²) in [7, 11) is 4.07. The van der Waals surface area contributed by atoms with Crippen molar-refractivity contribution in [2.75, 3.05) is 46.8 Å². The first-order chi connectivity index (χ1) is 7.61. The molecule has 0 fully saturated rings. The van der Waals surface area contributed by atoms with E-state index in [2.05, 4.69) is 24.1 Å². The van der Waals surface area contributed by atoms with Gasteiger partial charge in [-0.05, 0) is 27.1 Å². The predicted octanol–water partition coefficient (Wildman–Crippen LogP) is 0.786. The van der Waals surface area contributed by atoms with Crippen molar-refractivity contribution in [2.45, 2.75) is 26.7 Å². The minimum absolute atomic E-state index is 0.268. The van der Waals surface area contributed by atoms with Crippen molar-refractivity contribution < 1.29 is 4.79 Å². The van der Waals surface area contributed by atoms with E-state index in [9.17, 15) is 4.79 Å². The fourth-order valence-electron chi connectivity index (χ4n) is 1.48. The summed E-state index contributed by atoms with van der Waals surface area (Å²) in [5.41, 5.74) is 0. The Morgan fingerprint density at radius 1 is 1.12 bits per heavy atom. The number of rotatable bonds is 9. The van der Waals surface area contributed by atoms with Crippen LogP contribution in [0.4, 0.5) is 0 Å². The maximum Gasteiger partial charge on any atom is 0.223 e. The third kappa shape index (κ3) is 7.65. The first-order valence-electron chi connectivity index (χ1n) is 6.25. The molecule has 1 amide bonds. The summed E-state index contributed by atoms with van der Waals surface area (Å²) >= 11 is 0. The van der Waals surface area contributed by atoms with Crippen LogP contribution in [0.2, 0.25) is 0 Å². The van der Waals surface area contributed by atoms with Crippen LogP contribution in [0.25, 0.3) is 0 Å². The van der Waals surface area contributed by atoms with Crippen molar-refractivity contribution in [1.82, 2.24) is 15.1 Å². The number of amides is 1. The molecule has 0 aromatic carbocycles. The summed E-state index contributed by atoms with van der Waals surface area (Å²) < 4.78 is 0. The first kappa shape index (κ1) is 15.4. The van der Waals surface area contributed by atoms with Gasteiger partial charge in [0.2, 0.25) is 5.91 Å². The molecule has 0 unspecified atom stereocenters. The number of nitrogens with one attached hydrogen (secondary N) is 1. The zero-order valence-electron chi connectivity index (χ0n) is 11.3. The molecule has 0 aliphatic heterocycles. The maximum absolute atomic E-state index is 11.9. The van der Waals surface area contributed by atoms with Crippen LogP contribution in [0.3, 0.4) is 0 Å². The number of likely N-dealkylation sites (N-methyl/N-ethyl adjacent to an activating group) is 1. The highest BCUT2D eigenvalue weighted by atomic mass is 16.2. The zero-order valence-corrected chi connectivity index (χ0v) is 11.3. The lowest BCUT2D eigenvalue weighted by molar-refractivity contribution is -0.131. The standard InChI is InChI=1S/C12H27N3O/c1-5-9-15(11-10-14(3)4)12(16)7-8-13-6-2/h13H,5-11H2,1-4H3. The lowest BCUT2D eigenvalue weighted by Gasteiger charge is -2.24. The Morgan fingerprint density at radius 3 is 2.31 bits per heavy atom. The topological polar surface area (TPSA) is 35.6 Å². The Kier molecular flexibility index (Phi) is 9.24. The van der Waals surface area contributed by atoms with Crippen molar-refractivity contribution in [3.63, 3.8) is 0 Å². The third-order valence-electron chi connectivity index (χ3n) is 2.43. The zero-order chi connectivity index (χ0) is 12.4. The molecule has 1 N–H and O–H groups in total. The molecule has 0 spiro atoms. The summed E-state index contributed by atoms with van der Waals surface area (Å²) in [6.45, 7) is 8.54. The number of hydrogen-bond acceptors (Lipinski definition) is 3. The van der Waals surface area contributed by atoms with Crippen LogP contribution in [0.1, 0.15) is 26.7 Å². The lowest BCUT2D eigenvalue weighted by atomic mass is 10.3.